The van der Waals surface area contributed by atoms with Crippen molar-refractivity contribution in [2.45, 2.75) is 19.4 Å². The molecule has 0 bridgehead atoms. The highest BCUT2D eigenvalue weighted by atomic mass is 16.5. The number of hydrogen-bond donors (Lipinski definition) is 1. The molecule has 1 atom stereocenters. The summed E-state index contributed by atoms with van der Waals surface area (Å²) in [6.45, 7) is 2.11. The lowest BCUT2D eigenvalue weighted by Crippen LogP contribution is -2.48. The molecule has 1 aliphatic heterocycles. The van der Waals surface area contributed by atoms with Crippen LogP contribution in [0.3, 0.4) is 0 Å². The first-order chi connectivity index (χ1) is 11.7. The fraction of sp³-hybridized carbons (Fsp3) is 0.556. The van der Waals surface area contributed by atoms with Crippen molar-refractivity contribution < 1.29 is 19.4 Å². The van der Waals surface area contributed by atoms with Gasteiger partial charge in [-0.2, -0.15) is 0 Å². The average molecular weight is 334 g/mol. The quantitative estimate of drug-likeness (QED) is 0.767. The Balaban J connectivity index is 2.01. The van der Waals surface area contributed by atoms with Crippen LogP contribution in [0.2, 0.25) is 0 Å². The highest BCUT2D eigenvalue weighted by Crippen LogP contribution is 2.21. The van der Waals surface area contributed by atoms with Gasteiger partial charge >= 0.3 is 0 Å². The van der Waals surface area contributed by atoms with E-state index in [1.807, 2.05) is 30.3 Å². The lowest BCUT2D eigenvalue weighted by atomic mass is 9.95. The van der Waals surface area contributed by atoms with E-state index in [9.17, 15) is 14.7 Å². The molecule has 2 amide bonds. The zero-order valence-corrected chi connectivity index (χ0v) is 14.2. The molecule has 0 aromatic heterocycles. The van der Waals surface area contributed by atoms with Crippen LogP contribution in [0.1, 0.15) is 18.4 Å². The molecule has 6 nitrogen and oxygen atoms in total. The number of amides is 2. The first-order valence-corrected chi connectivity index (χ1v) is 8.36. The molecule has 1 fully saturated rings. The minimum atomic E-state index is -0.213. The Morgan fingerprint density at radius 3 is 2.79 bits per heavy atom. The van der Waals surface area contributed by atoms with E-state index in [-0.39, 0.29) is 24.3 Å². The molecule has 1 saturated heterocycles. The minimum absolute atomic E-state index is 0.00261. The number of aliphatic hydroxyl groups excluding tert-OH is 1. The Morgan fingerprint density at radius 1 is 1.38 bits per heavy atom. The van der Waals surface area contributed by atoms with E-state index in [2.05, 4.69) is 0 Å². The van der Waals surface area contributed by atoms with E-state index in [1.165, 1.54) is 0 Å². The second-order valence-electron chi connectivity index (χ2n) is 6.04. The van der Waals surface area contributed by atoms with Crippen molar-refractivity contribution >= 4 is 11.8 Å². The van der Waals surface area contributed by atoms with Gasteiger partial charge in [-0.15, -0.1) is 0 Å². The van der Waals surface area contributed by atoms with Crippen molar-refractivity contribution in [2.24, 2.45) is 5.92 Å². The maximum Gasteiger partial charge on any atom is 0.227 e. The van der Waals surface area contributed by atoms with Crippen molar-refractivity contribution in [2.75, 3.05) is 40.0 Å². The van der Waals surface area contributed by atoms with Gasteiger partial charge in [-0.05, 0) is 12.0 Å². The van der Waals surface area contributed by atoms with Crippen LogP contribution < -0.4 is 0 Å². The number of methoxy groups -OCH3 is 1. The number of hydrogen-bond acceptors (Lipinski definition) is 4. The van der Waals surface area contributed by atoms with Gasteiger partial charge in [0.2, 0.25) is 11.8 Å². The summed E-state index contributed by atoms with van der Waals surface area (Å²) in [5, 5.41) is 9.30. The second-order valence-corrected chi connectivity index (χ2v) is 6.04. The van der Waals surface area contributed by atoms with Gasteiger partial charge < -0.3 is 19.6 Å². The van der Waals surface area contributed by atoms with E-state index >= 15 is 0 Å². The molecule has 1 N–H and O–H groups in total. The Hall–Kier alpha value is -1.92. The zero-order valence-electron chi connectivity index (χ0n) is 14.2. The van der Waals surface area contributed by atoms with Crippen LogP contribution >= 0.6 is 0 Å². The van der Waals surface area contributed by atoms with E-state index in [4.69, 9.17) is 4.74 Å². The van der Waals surface area contributed by atoms with Crippen LogP contribution in [0, 0.1) is 5.92 Å². The molecular formula is C18H26N2O4. The normalized spacial score (nSPS) is 17.8. The molecule has 24 heavy (non-hydrogen) atoms. The summed E-state index contributed by atoms with van der Waals surface area (Å²) < 4.78 is 5.03. The summed E-state index contributed by atoms with van der Waals surface area (Å²) >= 11 is 0. The predicted molar refractivity (Wildman–Crippen MR) is 90.1 cm³/mol. The van der Waals surface area contributed by atoms with Crippen LogP contribution in [0.5, 0.6) is 0 Å². The number of carbonyl (C=O) groups excluding carboxylic acids is 2. The van der Waals surface area contributed by atoms with Gasteiger partial charge in [-0.1, -0.05) is 30.3 Å². The minimum Gasteiger partial charge on any atom is -0.395 e. The molecule has 6 heteroatoms. The van der Waals surface area contributed by atoms with Gasteiger partial charge in [-0.25, -0.2) is 0 Å². The van der Waals surface area contributed by atoms with Gasteiger partial charge in [0, 0.05) is 39.7 Å². The maximum absolute atomic E-state index is 12.9. The Kier molecular flexibility index (Phi) is 7.21. The average Bonchev–Trinajstić information content (AvgIpc) is 2.61. The van der Waals surface area contributed by atoms with Gasteiger partial charge in [0.15, 0.2) is 0 Å². The van der Waals surface area contributed by atoms with Crippen molar-refractivity contribution in [3.63, 3.8) is 0 Å². The number of ether oxygens (including phenoxy) is 1. The van der Waals surface area contributed by atoms with Crippen LogP contribution in [0.25, 0.3) is 0 Å². The molecule has 1 heterocycles. The Bertz CT molecular complexity index is 535. The van der Waals surface area contributed by atoms with Crippen molar-refractivity contribution in [3.05, 3.63) is 35.9 Å². The smallest absolute Gasteiger partial charge is 0.227 e. The van der Waals surface area contributed by atoms with Gasteiger partial charge in [-0.3, -0.25) is 9.59 Å². The summed E-state index contributed by atoms with van der Waals surface area (Å²) in [4.78, 5) is 28.2. The summed E-state index contributed by atoms with van der Waals surface area (Å²) in [7, 11) is 1.60. The molecule has 0 spiro atoms. The SMILES string of the molecule is COCCN1C[C@@H](C(=O)N(CCO)Cc2ccccc2)CCC1=O. The number of carbonyl (C=O) groups is 2. The fourth-order valence-corrected chi connectivity index (χ4v) is 2.98. The van der Waals surface area contributed by atoms with Crippen LogP contribution in [-0.4, -0.2) is 66.7 Å². The number of piperidine rings is 1. The molecule has 1 aromatic carbocycles. The van der Waals surface area contributed by atoms with Crippen molar-refractivity contribution in [3.8, 4) is 0 Å². The van der Waals surface area contributed by atoms with Gasteiger partial charge in [0.25, 0.3) is 0 Å². The highest BCUT2D eigenvalue weighted by Gasteiger charge is 2.32. The summed E-state index contributed by atoms with van der Waals surface area (Å²) in [6.07, 6.45) is 0.955. The van der Waals surface area contributed by atoms with E-state index < -0.39 is 0 Å². The number of nitrogens with zero attached hydrogens (tertiary/aromatic N) is 2. The third kappa shape index (κ3) is 5.04. The van der Waals surface area contributed by atoms with Crippen molar-refractivity contribution in [1.29, 1.82) is 0 Å². The lowest BCUT2D eigenvalue weighted by molar-refractivity contribution is -0.144. The number of rotatable bonds is 8. The van der Waals surface area contributed by atoms with E-state index in [0.717, 1.165) is 5.56 Å². The third-order valence-corrected chi connectivity index (χ3v) is 4.31. The molecule has 0 radical (unpaired) electrons. The first-order valence-electron chi connectivity index (χ1n) is 8.36. The van der Waals surface area contributed by atoms with Gasteiger partial charge in [0.05, 0.1) is 19.1 Å². The first kappa shape index (κ1) is 18.4. The van der Waals surface area contributed by atoms with Crippen LogP contribution in [0.15, 0.2) is 30.3 Å². The topological polar surface area (TPSA) is 70.1 Å². The number of likely N-dealkylation sites (tertiary alicyclic amines) is 1. The fourth-order valence-electron chi connectivity index (χ4n) is 2.98. The molecule has 2 rings (SSSR count). The largest absolute Gasteiger partial charge is 0.395 e. The summed E-state index contributed by atoms with van der Waals surface area (Å²) in [5.41, 5.74) is 1.03. The molecule has 0 aliphatic carbocycles. The second kappa shape index (κ2) is 9.39. The Labute approximate surface area is 143 Å². The zero-order chi connectivity index (χ0) is 17.4. The van der Waals surface area contributed by atoms with Crippen LogP contribution in [-0.2, 0) is 20.9 Å². The van der Waals surface area contributed by atoms with Crippen molar-refractivity contribution in [1.82, 2.24) is 9.80 Å². The monoisotopic (exact) mass is 334 g/mol. The van der Waals surface area contributed by atoms with Crippen LogP contribution in [0.4, 0.5) is 0 Å². The predicted octanol–water partition coefficient (Wildman–Crippen LogP) is 0.893. The standard InChI is InChI=1S/C18H26N2O4/c1-24-12-10-19-14-16(7-8-17(19)22)18(23)20(9-11-21)13-15-5-3-2-4-6-15/h2-6,16,21H,7-14H2,1H3/t16-/m0/s1. The summed E-state index contributed by atoms with van der Waals surface area (Å²) in [5.74, 6) is -0.134. The molecular weight excluding hydrogens is 308 g/mol. The van der Waals surface area contributed by atoms with E-state index in [0.29, 0.717) is 45.6 Å². The number of benzene rings is 1. The summed E-state index contributed by atoms with van der Waals surface area (Å²) in [6, 6.07) is 9.73. The maximum atomic E-state index is 12.9. The highest BCUT2D eigenvalue weighted by molar-refractivity contribution is 5.84. The lowest BCUT2D eigenvalue weighted by Gasteiger charge is -2.34. The molecule has 1 aromatic rings. The van der Waals surface area contributed by atoms with E-state index in [1.54, 1.807) is 16.9 Å². The Morgan fingerprint density at radius 2 is 2.12 bits per heavy atom. The van der Waals surface area contributed by atoms with Gasteiger partial charge in [0.1, 0.15) is 0 Å². The third-order valence-electron chi connectivity index (χ3n) is 4.31. The molecule has 0 saturated carbocycles. The molecule has 0 unspecified atom stereocenters. The number of aliphatic hydroxyl groups is 1. The molecule has 132 valence electrons. The molecule has 1 aliphatic rings.